The summed E-state index contributed by atoms with van der Waals surface area (Å²) in [6, 6.07) is 17.3. The number of carbonyl (C=O) groups excluding carboxylic acids is 2. The molecule has 2 amide bonds. The first kappa shape index (κ1) is 23.5. The molecule has 1 heterocycles. The van der Waals surface area contributed by atoms with E-state index in [1.807, 2.05) is 61.5 Å². The van der Waals surface area contributed by atoms with E-state index >= 15 is 0 Å². The zero-order valence-corrected chi connectivity index (χ0v) is 18.8. The van der Waals surface area contributed by atoms with Gasteiger partial charge in [-0.1, -0.05) is 42.5 Å². The molecule has 0 spiro atoms. The van der Waals surface area contributed by atoms with Gasteiger partial charge in [0, 0.05) is 39.0 Å². The van der Waals surface area contributed by atoms with Crippen molar-refractivity contribution in [2.75, 3.05) is 26.9 Å². The van der Waals surface area contributed by atoms with Gasteiger partial charge in [0.25, 0.3) is 0 Å². The molecule has 7 nitrogen and oxygen atoms in total. The monoisotopic (exact) mass is 437 g/mol. The molecule has 0 fully saturated rings. The summed E-state index contributed by atoms with van der Waals surface area (Å²) in [5, 5.41) is 9.03. The molecule has 0 bridgehead atoms. The molecular weight excluding hydrogens is 406 g/mol. The van der Waals surface area contributed by atoms with E-state index in [2.05, 4.69) is 10.4 Å². The van der Waals surface area contributed by atoms with E-state index in [0.717, 1.165) is 29.0 Å². The highest BCUT2D eigenvalue weighted by atomic mass is 16.5. The van der Waals surface area contributed by atoms with Crippen LogP contribution in [-0.2, 0) is 14.3 Å². The van der Waals surface area contributed by atoms with E-state index in [4.69, 9.17) is 9.47 Å². The number of nitrogens with one attached hydrogen (secondary N) is 1. The maximum absolute atomic E-state index is 13.0. The standard InChI is InChI=1S/C25H31N3O4/c1-3-32-17-7-16-26-24(29)14-15-25(30)28-23(20-10-12-21(31-2)13-11-20)18-22(27-28)19-8-5-4-6-9-19/h4-6,8-13,23H,3,7,14-18H2,1-2H3,(H,26,29). The fourth-order valence-electron chi connectivity index (χ4n) is 3.60. The average Bonchev–Trinajstić information content (AvgIpc) is 3.29. The van der Waals surface area contributed by atoms with E-state index in [1.165, 1.54) is 5.01 Å². The molecule has 1 aliphatic heterocycles. The summed E-state index contributed by atoms with van der Waals surface area (Å²) >= 11 is 0. The molecule has 3 rings (SSSR count). The molecule has 1 unspecified atom stereocenters. The van der Waals surface area contributed by atoms with E-state index in [-0.39, 0.29) is 30.7 Å². The lowest BCUT2D eigenvalue weighted by atomic mass is 9.98. The molecule has 170 valence electrons. The minimum absolute atomic E-state index is 0.107. The molecule has 0 aliphatic carbocycles. The number of rotatable bonds is 11. The van der Waals surface area contributed by atoms with E-state index in [9.17, 15) is 9.59 Å². The zero-order chi connectivity index (χ0) is 22.8. The fourth-order valence-corrected chi connectivity index (χ4v) is 3.60. The number of hydrazone groups is 1. The van der Waals surface area contributed by atoms with Crippen molar-refractivity contribution in [3.8, 4) is 5.75 Å². The Bertz CT molecular complexity index is 913. The maximum Gasteiger partial charge on any atom is 0.243 e. The number of nitrogens with zero attached hydrogens (tertiary/aromatic N) is 2. The van der Waals surface area contributed by atoms with Crippen molar-refractivity contribution >= 4 is 17.5 Å². The Balaban J connectivity index is 1.65. The molecule has 0 saturated carbocycles. The summed E-state index contributed by atoms with van der Waals surface area (Å²) in [5.41, 5.74) is 2.84. The molecule has 1 N–H and O–H groups in total. The van der Waals surface area contributed by atoms with Crippen molar-refractivity contribution in [2.45, 2.75) is 38.6 Å². The highest BCUT2D eigenvalue weighted by Gasteiger charge is 2.33. The molecular formula is C25H31N3O4. The van der Waals surface area contributed by atoms with Crippen LogP contribution in [0.25, 0.3) is 0 Å². The average molecular weight is 438 g/mol. The molecule has 0 radical (unpaired) electrons. The molecule has 0 aromatic heterocycles. The van der Waals surface area contributed by atoms with Crippen molar-refractivity contribution < 1.29 is 19.1 Å². The van der Waals surface area contributed by atoms with Gasteiger partial charge >= 0.3 is 0 Å². The van der Waals surface area contributed by atoms with Crippen molar-refractivity contribution in [2.24, 2.45) is 5.10 Å². The van der Waals surface area contributed by atoms with Gasteiger partial charge in [-0.25, -0.2) is 5.01 Å². The highest BCUT2D eigenvalue weighted by Crippen LogP contribution is 2.34. The molecule has 1 atom stereocenters. The molecule has 7 heteroatoms. The first-order valence-electron chi connectivity index (χ1n) is 11.1. The van der Waals surface area contributed by atoms with Crippen LogP contribution in [0.1, 0.15) is 49.8 Å². The third-order valence-electron chi connectivity index (χ3n) is 5.33. The largest absolute Gasteiger partial charge is 0.497 e. The van der Waals surface area contributed by atoms with Gasteiger partial charge in [-0.3, -0.25) is 9.59 Å². The van der Waals surface area contributed by atoms with Crippen LogP contribution in [0.2, 0.25) is 0 Å². The Morgan fingerprint density at radius 3 is 2.53 bits per heavy atom. The van der Waals surface area contributed by atoms with Gasteiger partial charge in [0.2, 0.25) is 11.8 Å². The number of hydrogen-bond donors (Lipinski definition) is 1. The third-order valence-corrected chi connectivity index (χ3v) is 5.33. The fraction of sp³-hybridized carbons (Fsp3) is 0.400. The Labute approximate surface area is 189 Å². The number of hydrogen-bond acceptors (Lipinski definition) is 5. The van der Waals surface area contributed by atoms with Crippen LogP contribution in [0.5, 0.6) is 5.75 Å². The van der Waals surface area contributed by atoms with E-state index in [1.54, 1.807) is 7.11 Å². The summed E-state index contributed by atoms with van der Waals surface area (Å²) in [6.07, 6.45) is 1.61. The molecule has 2 aromatic rings. The number of benzene rings is 2. The Morgan fingerprint density at radius 1 is 1.09 bits per heavy atom. The molecule has 32 heavy (non-hydrogen) atoms. The van der Waals surface area contributed by atoms with Crippen LogP contribution in [0.15, 0.2) is 59.7 Å². The summed E-state index contributed by atoms with van der Waals surface area (Å²) in [5.74, 6) is 0.457. The molecule has 0 saturated heterocycles. The Kier molecular flexibility index (Phi) is 8.80. The van der Waals surface area contributed by atoms with Gasteiger partial charge in [-0.15, -0.1) is 0 Å². The lowest BCUT2D eigenvalue weighted by molar-refractivity contribution is -0.135. The topological polar surface area (TPSA) is 80.2 Å². The van der Waals surface area contributed by atoms with Gasteiger partial charge in [-0.2, -0.15) is 5.10 Å². The first-order valence-corrected chi connectivity index (χ1v) is 11.1. The second-order valence-electron chi connectivity index (χ2n) is 7.54. The second kappa shape index (κ2) is 12.0. The Morgan fingerprint density at radius 2 is 1.84 bits per heavy atom. The van der Waals surface area contributed by atoms with Gasteiger partial charge in [0.05, 0.1) is 18.9 Å². The van der Waals surface area contributed by atoms with Crippen LogP contribution in [0.4, 0.5) is 0 Å². The van der Waals surface area contributed by atoms with Crippen LogP contribution < -0.4 is 10.1 Å². The number of carbonyl (C=O) groups is 2. The predicted octanol–water partition coefficient (Wildman–Crippen LogP) is 3.70. The first-order chi connectivity index (χ1) is 15.6. The molecule has 2 aromatic carbocycles. The number of methoxy groups -OCH3 is 1. The summed E-state index contributed by atoms with van der Waals surface area (Å²) < 4.78 is 10.5. The van der Waals surface area contributed by atoms with Crippen molar-refractivity contribution in [3.05, 3.63) is 65.7 Å². The maximum atomic E-state index is 13.0. The summed E-state index contributed by atoms with van der Waals surface area (Å²) in [6.45, 7) is 3.76. The van der Waals surface area contributed by atoms with Gasteiger partial charge in [0.1, 0.15) is 5.75 Å². The highest BCUT2D eigenvalue weighted by molar-refractivity contribution is 6.03. The van der Waals surface area contributed by atoms with Crippen LogP contribution >= 0.6 is 0 Å². The number of ether oxygens (including phenoxy) is 2. The van der Waals surface area contributed by atoms with Crippen LogP contribution in [0.3, 0.4) is 0 Å². The minimum atomic E-state index is -0.210. The van der Waals surface area contributed by atoms with Crippen LogP contribution in [-0.4, -0.2) is 49.4 Å². The zero-order valence-electron chi connectivity index (χ0n) is 18.8. The van der Waals surface area contributed by atoms with E-state index in [0.29, 0.717) is 26.2 Å². The summed E-state index contributed by atoms with van der Waals surface area (Å²) in [4.78, 5) is 25.2. The Hall–Kier alpha value is -3.19. The third kappa shape index (κ3) is 6.40. The van der Waals surface area contributed by atoms with Crippen molar-refractivity contribution in [1.82, 2.24) is 10.3 Å². The van der Waals surface area contributed by atoms with Gasteiger partial charge in [0.15, 0.2) is 0 Å². The van der Waals surface area contributed by atoms with E-state index < -0.39 is 0 Å². The number of amides is 2. The smallest absolute Gasteiger partial charge is 0.243 e. The SMILES string of the molecule is CCOCCCNC(=O)CCC(=O)N1N=C(c2ccccc2)CC1c1ccc(OC)cc1. The van der Waals surface area contributed by atoms with Crippen molar-refractivity contribution in [1.29, 1.82) is 0 Å². The summed E-state index contributed by atoms with van der Waals surface area (Å²) in [7, 11) is 1.62. The minimum Gasteiger partial charge on any atom is -0.497 e. The molecule has 1 aliphatic rings. The predicted molar refractivity (Wildman–Crippen MR) is 124 cm³/mol. The second-order valence-corrected chi connectivity index (χ2v) is 7.54. The quantitative estimate of drug-likeness (QED) is 0.544. The van der Waals surface area contributed by atoms with Crippen molar-refractivity contribution in [3.63, 3.8) is 0 Å². The lowest BCUT2D eigenvalue weighted by Gasteiger charge is -2.22. The van der Waals surface area contributed by atoms with Crippen LogP contribution in [0, 0.1) is 0 Å². The lowest BCUT2D eigenvalue weighted by Crippen LogP contribution is -2.30. The van der Waals surface area contributed by atoms with Gasteiger partial charge in [-0.05, 0) is 36.6 Å². The normalized spacial score (nSPS) is 15.4. The van der Waals surface area contributed by atoms with Gasteiger partial charge < -0.3 is 14.8 Å².